The van der Waals surface area contributed by atoms with Gasteiger partial charge in [0.05, 0.1) is 29.0 Å². The van der Waals surface area contributed by atoms with Crippen molar-refractivity contribution in [3.63, 3.8) is 0 Å². The van der Waals surface area contributed by atoms with E-state index in [2.05, 4.69) is 15.2 Å². The molecule has 2 aromatic rings. The molecule has 0 saturated carbocycles. The summed E-state index contributed by atoms with van der Waals surface area (Å²) in [7, 11) is 1.71. The quantitative estimate of drug-likeness (QED) is 0.626. The third-order valence-corrected chi connectivity index (χ3v) is 6.55. The number of aromatic nitrogens is 1. The molecule has 1 amide bonds. The maximum atomic E-state index is 13.6. The number of amides is 1. The number of carbonyl (C=O) groups is 1. The molecule has 4 rings (SSSR count). The Labute approximate surface area is 197 Å². The summed E-state index contributed by atoms with van der Waals surface area (Å²) in [4.78, 5) is 20.2. The first-order valence-electron chi connectivity index (χ1n) is 11.3. The number of benzene rings is 1. The molecule has 2 aliphatic rings. The van der Waals surface area contributed by atoms with Crippen molar-refractivity contribution in [3.8, 4) is 0 Å². The van der Waals surface area contributed by atoms with Crippen LogP contribution in [0.1, 0.15) is 37.3 Å². The Hall–Kier alpha value is -3.13. The van der Waals surface area contributed by atoms with Crippen molar-refractivity contribution in [3.05, 3.63) is 77.7 Å². The van der Waals surface area contributed by atoms with E-state index < -0.39 is 23.1 Å². The Kier molecular flexibility index (Phi) is 6.79. The normalized spacial score (nSPS) is 22.9. The van der Waals surface area contributed by atoms with Gasteiger partial charge in [-0.25, -0.2) is 0 Å². The lowest BCUT2D eigenvalue weighted by molar-refractivity contribution is -0.137. The van der Waals surface area contributed by atoms with Crippen LogP contribution in [0.5, 0.6) is 0 Å². The van der Waals surface area contributed by atoms with Gasteiger partial charge in [0.2, 0.25) is 5.91 Å². The number of rotatable bonds is 5. The summed E-state index contributed by atoms with van der Waals surface area (Å²) >= 11 is 0. The number of alkyl halides is 3. The molecule has 5 nitrogen and oxygen atoms in total. The minimum Gasteiger partial charge on any atom is -0.380 e. The zero-order valence-electron chi connectivity index (χ0n) is 19.2. The highest BCUT2D eigenvalue weighted by atomic mass is 19.4. The third-order valence-electron chi connectivity index (χ3n) is 6.55. The standard InChI is InChI=1S/C26H28F3N3O2/c1-18-8-10-25(11-9-18,24(33)31-21-6-3-5-19(13-21)26(27,28)29)20-14-22(16-30-15-20)32-12-4-7-23(17-32)34-2/h3,5-6,8-10,13-16,23H,4,7,11-12,17H2,1-2H3,(H,31,33)/t23-,25-/m1/s1. The van der Waals surface area contributed by atoms with Crippen LogP contribution in [0.4, 0.5) is 24.5 Å². The molecule has 1 aromatic heterocycles. The summed E-state index contributed by atoms with van der Waals surface area (Å²) in [6.07, 6.45) is 7.09. The number of carbonyl (C=O) groups excluding carboxylic acids is 1. The minimum absolute atomic E-state index is 0.0990. The van der Waals surface area contributed by atoms with Crippen LogP contribution in [0.2, 0.25) is 0 Å². The second-order valence-electron chi connectivity index (χ2n) is 8.87. The molecule has 1 N–H and O–H groups in total. The zero-order chi connectivity index (χ0) is 24.3. The number of piperidine rings is 1. The number of halogens is 3. The Balaban J connectivity index is 1.66. The number of nitrogens with zero attached hydrogens (tertiary/aromatic N) is 2. The molecular weight excluding hydrogens is 443 g/mol. The van der Waals surface area contributed by atoms with Gasteiger partial charge in [-0.3, -0.25) is 9.78 Å². The molecule has 34 heavy (non-hydrogen) atoms. The van der Waals surface area contributed by atoms with Crippen molar-refractivity contribution in [1.82, 2.24) is 4.98 Å². The Morgan fingerprint density at radius 3 is 2.79 bits per heavy atom. The van der Waals surface area contributed by atoms with E-state index in [1.54, 1.807) is 19.5 Å². The molecule has 180 valence electrons. The van der Waals surface area contributed by atoms with Gasteiger partial charge in [0.1, 0.15) is 0 Å². The summed E-state index contributed by atoms with van der Waals surface area (Å²) in [6.45, 7) is 3.54. The Morgan fingerprint density at radius 2 is 2.09 bits per heavy atom. The van der Waals surface area contributed by atoms with E-state index in [-0.39, 0.29) is 11.8 Å². The van der Waals surface area contributed by atoms with Gasteiger partial charge >= 0.3 is 6.18 Å². The molecule has 0 spiro atoms. The van der Waals surface area contributed by atoms with Crippen LogP contribution in [-0.2, 0) is 21.1 Å². The van der Waals surface area contributed by atoms with Crippen LogP contribution in [0.15, 0.2) is 66.5 Å². The summed E-state index contributed by atoms with van der Waals surface area (Å²) in [5, 5.41) is 2.71. The minimum atomic E-state index is -4.49. The van der Waals surface area contributed by atoms with Gasteiger partial charge in [0.25, 0.3) is 0 Å². The van der Waals surface area contributed by atoms with Gasteiger partial charge in [0, 0.05) is 32.1 Å². The lowest BCUT2D eigenvalue weighted by Crippen LogP contribution is -2.41. The molecule has 1 aliphatic heterocycles. The van der Waals surface area contributed by atoms with E-state index >= 15 is 0 Å². The smallest absolute Gasteiger partial charge is 0.380 e. The van der Waals surface area contributed by atoms with Crippen LogP contribution in [0, 0.1) is 0 Å². The molecule has 0 bridgehead atoms. The highest BCUT2D eigenvalue weighted by Gasteiger charge is 2.39. The number of ether oxygens (including phenoxy) is 1. The molecule has 0 radical (unpaired) electrons. The first kappa shape index (κ1) is 24.0. The summed E-state index contributed by atoms with van der Waals surface area (Å²) in [5.41, 5.74) is 0.801. The van der Waals surface area contributed by atoms with Crippen molar-refractivity contribution in [2.45, 2.75) is 43.9 Å². The van der Waals surface area contributed by atoms with E-state index in [0.717, 1.165) is 49.3 Å². The largest absolute Gasteiger partial charge is 0.416 e. The fourth-order valence-electron chi connectivity index (χ4n) is 4.47. The number of allylic oxidation sites excluding steroid dienone is 3. The van der Waals surface area contributed by atoms with Gasteiger partial charge in [-0.15, -0.1) is 0 Å². The average molecular weight is 472 g/mol. The average Bonchev–Trinajstić information content (AvgIpc) is 2.84. The maximum absolute atomic E-state index is 13.6. The van der Waals surface area contributed by atoms with Gasteiger partial charge in [-0.1, -0.05) is 29.9 Å². The first-order valence-corrected chi connectivity index (χ1v) is 11.3. The third kappa shape index (κ3) is 5.01. The lowest BCUT2D eigenvalue weighted by Gasteiger charge is -2.35. The molecule has 2 heterocycles. The van der Waals surface area contributed by atoms with Crippen LogP contribution in [-0.4, -0.2) is 37.2 Å². The lowest BCUT2D eigenvalue weighted by atomic mass is 9.74. The Bertz CT molecular complexity index is 1110. The van der Waals surface area contributed by atoms with Crippen molar-refractivity contribution in [1.29, 1.82) is 0 Å². The number of hydrogen-bond acceptors (Lipinski definition) is 4. The van der Waals surface area contributed by atoms with Gasteiger partial charge in [-0.05, 0) is 56.0 Å². The van der Waals surface area contributed by atoms with E-state index in [4.69, 9.17) is 4.74 Å². The fraction of sp³-hybridized carbons (Fsp3) is 0.385. The molecule has 2 atom stereocenters. The number of methoxy groups -OCH3 is 1. The second-order valence-corrected chi connectivity index (χ2v) is 8.87. The molecule has 8 heteroatoms. The molecule has 1 fully saturated rings. The van der Waals surface area contributed by atoms with Gasteiger partial charge < -0.3 is 15.0 Å². The molecule has 1 aromatic carbocycles. The number of hydrogen-bond donors (Lipinski definition) is 1. The predicted molar refractivity (Wildman–Crippen MR) is 126 cm³/mol. The van der Waals surface area contributed by atoms with Crippen LogP contribution in [0.3, 0.4) is 0 Å². The number of pyridine rings is 1. The van der Waals surface area contributed by atoms with Crippen molar-refractivity contribution < 1.29 is 22.7 Å². The predicted octanol–water partition coefficient (Wildman–Crippen LogP) is 5.50. The second kappa shape index (κ2) is 9.62. The highest BCUT2D eigenvalue weighted by Crippen LogP contribution is 2.38. The topological polar surface area (TPSA) is 54.5 Å². The maximum Gasteiger partial charge on any atom is 0.416 e. The van der Waals surface area contributed by atoms with Crippen LogP contribution in [0.25, 0.3) is 0 Å². The van der Waals surface area contributed by atoms with E-state index in [1.165, 1.54) is 12.1 Å². The van der Waals surface area contributed by atoms with E-state index in [1.807, 2.05) is 31.2 Å². The van der Waals surface area contributed by atoms with Crippen molar-refractivity contribution in [2.75, 3.05) is 30.4 Å². The van der Waals surface area contributed by atoms with Crippen molar-refractivity contribution >= 4 is 17.3 Å². The number of nitrogens with one attached hydrogen (secondary N) is 1. The zero-order valence-corrected chi connectivity index (χ0v) is 19.2. The SMILES string of the molecule is CO[C@@H]1CCCN(c2cncc([C@@]3(C(=O)Nc4cccc(C(F)(F)F)c4)C=CC(C)=CC3)c2)C1. The molecule has 1 aliphatic carbocycles. The van der Waals surface area contributed by atoms with Crippen LogP contribution >= 0.6 is 0 Å². The molecule has 0 unspecified atom stereocenters. The van der Waals surface area contributed by atoms with Crippen molar-refractivity contribution in [2.24, 2.45) is 0 Å². The summed E-state index contributed by atoms with van der Waals surface area (Å²) in [6, 6.07) is 6.64. The summed E-state index contributed by atoms with van der Waals surface area (Å²) in [5.74, 6) is -0.404. The first-order chi connectivity index (χ1) is 16.2. The highest BCUT2D eigenvalue weighted by molar-refractivity contribution is 6.01. The van der Waals surface area contributed by atoms with E-state index in [9.17, 15) is 18.0 Å². The van der Waals surface area contributed by atoms with Crippen LogP contribution < -0.4 is 10.2 Å². The Morgan fingerprint density at radius 1 is 1.26 bits per heavy atom. The van der Waals surface area contributed by atoms with Gasteiger partial charge in [-0.2, -0.15) is 13.2 Å². The molecular formula is C26H28F3N3O2. The van der Waals surface area contributed by atoms with E-state index in [0.29, 0.717) is 12.0 Å². The van der Waals surface area contributed by atoms with Gasteiger partial charge in [0.15, 0.2) is 0 Å². The summed E-state index contributed by atoms with van der Waals surface area (Å²) < 4.78 is 45.0. The molecule has 1 saturated heterocycles. The number of anilines is 2. The monoisotopic (exact) mass is 471 g/mol. The fourth-order valence-corrected chi connectivity index (χ4v) is 4.47.